The van der Waals surface area contributed by atoms with Gasteiger partial charge in [-0.05, 0) is 23.5 Å². The van der Waals surface area contributed by atoms with Gasteiger partial charge < -0.3 is 5.32 Å². The van der Waals surface area contributed by atoms with E-state index < -0.39 is 0 Å². The molecule has 0 fully saturated rings. The van der Waals surface area contributed by atoms with Crippen molar-refractivity contribution in [3.63, 3.8) is 0 Å². The number of rotatable bonds is 9. The summed E-state index contributed by atoms with van der Waals surface area (Å²) in [4.78, 5) is 24.2. The van der Waals surface area contributed by atoms with Gasteiger partial charge in [0, 0.05) is 13.1 Å². The van der Waals surface area contributed by atoms with Crippen LogP contribution in [0.2, 0.25) is 0 Å². The Kier molecular flexibility index (Phi) is 7.08. The van der Waals surface area contributed by atoms with E-state index in [1.807, 2.05) is 48.5 Å². The fourth-order valence-corrected chi connectivity index (χ4v) is 3.65. The van der Waals surface area contributed by atoms with Crippen LogP contribution in [-0.2, 0) is 17.8 Å². The van der Waals surface area contributed by atoms with E-state index in [4.69, 9.17) is 0 Å². The van der Waals surface area contributed by atoms with E-state index >= 15 is 0 Å². The van der Waals surface area contributed by atoms with Crippen molar-refractivity contribution < 1.29 is 4.79 Å². The quantitative estimate of drug-likeness (QED) is 0.545. The fraction of sp³-hybridized carbons (Fsp3) is 0.286. The summed E-state index contributed by atoms with van der Waals surface area (Å²) in [6.45, 7) is 3.18. The Morgan fingerprint density at radius 3 is 2.54 bits per heavy atom. The molecule has 0 saturated heterocycles. The second-order valence-corrected chi connectivity index (χ2v) is 7.55. The van der Waals surface area contributed by atoms with Gasteiger partial charge in [0.2, 0.25) is 5.91 Å². The summed E-state index contributed by atoms with van der Waals surface area (Å²) in [5.41, 5.74) is 2.09. The van der Waals surface area contributed by atoms with Crippen LogP contribution in [0, 0.1) is 0 Å². The predicted molar refractivity (Wildman–Crippen MR) is 112 cm³/mol. The van der Waals surface area contributed by atoms with Gasteiger partial charge in [-0.1, -0.05) is 79.3 Å². The van der Waals surface area contributed by atoms with Gasteiger partial charge in [0.05, 0.1) is 5.75 Å². The van der Waals surface area contributed by atoms with E-state index in [1.165, 1.54) is 17.3 Å². The third-order valence-electron chi connectivity index (χ3n) is 4.50. The van der Waals surface area contributed by atoms with Crippen LogP contribution in [0.4, 0.5) is 0 Å². The molecule has 1 atom stereocenters. The minimum Gasteiger partial charge on any atom is -0.355 e. The number of aromatic amines is 1. The summed E-state index contributed by atoms with van der Waals surface area (Å²) < 4.78 is 1.58. The zero-order valence-electron chi connectivity index (χ0n) is 15.8. The van der Waals surface area contributed by atoms with Crippen molar-refractivity contribution >= 4 is 17.7 Å². The summed E-state index contributed by atoms with van der Waals surface area (Å²) >= 11 is 1.27. The number of aryl methyl sites for hydroxylation is 1. The third-order valence-corrected chi connectivity index (χ3v) is 5.47. The molecule has 0 aliphatic heterocycles. The Balaban J connectivity index is 1.49. The normalized spacial score (nSPS) is 11.9. The number of amides is 1. The molecule has 1 aromatic heterocycles. The van der Waals surface area contributed by atoms with Crippen LogP contribution in [-0.4, -0.2) is 33.0 Å². The first-order chi connectivity index (χ1) is 13.6. The number of benzene rings is 2. The van der Waals surface area contributed by atoms with Crippen LogP contribution in [0.3, 0.4) is 0 Å². The molecule has 0 saturated carbocycles. The van der Waals surface area contributed by atoms with Gasteiger partial charge in [0.1, 0.15) is 0 Å². The van der Waals surface area contributed by atoms with Crippen molar-refractivity contribution in [1.82, 2.24) is 20.1 Å². The lowest BCUT2D eigenvalue weighted by molar-refractivity contribution is -0.118. The molecule has 2 N–H and O–H groups in total. The van der Waals surface area contributed by atoms with Gasteiger partial charge in [-0.25, -0.2) is 9.89 Å². The Morgan fingerprint density at radius 1 is 1.14 bits per heavy atom. The average Bonchev–Trinajstić information content (AvgIpc) is 3.09. The molecular formula is C21H24N4O2S. The lowest BCUT2D eigenvalue weighted by atomic mass is 10.0. The smallest absolute Gasteiger partial charge is 0.343 e. The number of carbonyl (C=O) groups excluding carboxylic acids is 1. The third kappa shape index (κ3) is 5.60. The van der Waals surface area contributed by atoms with Crippen molar-refractivity contribution in [3.05, 3.63) is 82.3 Å². The van der Waals surface area contributed by atoms with E-state index in [0.29, 0.717) is 18.2 Å². The van der Waals surface area contributed by atoms with E-state index in [-0.39, 0.29) is 23.3 Å². The summed E-state index contributed by atoms with van der Waals surface area (Å²) in [6.07, 6.45) is 0.731. The lowest BCUT2D eigenvalue weighted by Crippen LogP contribution is -2.29. The molecule has 1 amide bonds. The monoisotopic (exact) mass is 396 g/mol. The molecule has 1 heterocycles. The molecule has 0 aliphatic carbocycles. The highest BCUT2D eigenvalue weighted by Gasteiger charge is 2.12. The van der Waals surface area contributed by atoms with Crippen molar-refractivity contribution in [2.24, 2.45) is 0 Å². The van der Waals surface area contributed by atoms with Crippen LogP contribution in [0.1, 0.15) is 24.0 Å². The second-order valence-electron chi connectivity index (χ2n) is 6.60. The number of carbonyl (C=O) groups is 1. The van der Waals surface area contributed by atoms with Gasteiger partial charge in [-0.2, -0.15) is 0 Å². The fourth-order valence-electron chi connectivity index (χ4n) is 2.84. The molecule has 0 radical (unpaired) electrons. The Labute approximate surface area is 168 Å². The van der Waals surface area contributed by atoms with Gasteiger partial charge >= 0.3 is 5.69 Å². The summed E-state index contributed by atoms with van der Waals surface area (Å²) in [5.74, 6) is 0.388. The molecule has 3 aromatic rings. The van der Waals surface area contributed by atoms with Gasteiger partial charge in [-0.3, -0.25) is 9.36 Å². The summed E-state index contributed by atoms with van der Waals surface area (Å²) in [5, 5.41) is 10.0. The van der Waals surface area contributed by atoms with E-state index in [2.05, 4.69) is 34.6 Å². The molecule has 3 rings (SSSR count). The van der Waals surface area contributed by atoms with E-state index in [9.17, 15) is 9.59 Å². The number of thioether (sulfide) groups is 1. The Morgan fingerprint density at radius 2 is 1.82 bits per heavy atom. The molecule has 146 valence electrons. The van der Waals surface area contributed by atoms with Crippen LogP contribution >= 0.6 is 11.8 Å². The number of hydrogen-bond acceptors (Lipinski definition) is 4. The zero-order valence-corrected chi connectivity index (χ0v) is 16.6. The molecule has 28 heavy (non-hydrogen) atoms. The van der Waals surface area contributed by atoms with Gasteiger partial charge in [-0.15, -0.1) is 5.10 Å². The Bertz CT molecular complexity index is 938. The summed E-state index contributed by atoms with van der Waals surface area (Å²) in [7, 11) is 0. The van der Waals surface area contributed by atoms with Crippen molar-refractivity contribution in [2.75, 3.05) is 12.3 Å². The topological polar surface area (TPSA) is 79.8 Å². The maximum absolute atomic E-state index is 12.2. The largest absolute Gasteiger partial charge is 0.355 e. The first kappa shape index (κ1) is 19.9. The minimum atomic E-state index is -0.253. The Hall–Kier alpha value is -2.80. The number of nitrogens with one attached hydrogen (secondary N) is 2. The minimum absolute atomic E-state index is 0.0714. The molecule has 0 unspecified atom stereocenters. The molecule has 0 aliphatic rings. The lowest BCUT2D eigenvalue weighted by Gasteiger charge is -2.13. The van der Waals surface area contributed by atoms with Crippen molar-refractivity contribution in [2.45, 2.75) is 31.0 Å². The second kappa shape index (κ2) is 9.94. The molecular weight excluding hydrogens is 372 g/mol. The number of H-pyrrole nitrogens is 1. The van der Waals surface area contributed by atoms with Gasteiger partial charge in [0.15, 0.2) is 5.16 Å². The zero-order chi connectivity index (χ0) is 19.8. The highest BCUT2D eigenvalue weighted by molar-refractivity contribution is 7.99. The van der Waals surface area contributed by atoms with Crippen LogP contribution in [0.5, 0.6) is 0 Å². The van der Waals surface area contributed by atoms with E-state index in [1.54, 1.807) is 4.57 Å². The predicted octanol–water partition coefficient (Wildman–Crippen LogP) is 2.83. The van der Waals surface area contributed by atoms with Crippen LogP contribution in [0.25, 0.3) is 0 Å². The molecule has 0 spiro atoms. The first-order valence-electron chi connectivity index (χ1n) is 9.27. The first-order valence-corrected chi connectivity index (χ1v) is 10.3. The molecule has 7 heteroatoms. The maximum atomic E-state index is 12.2. The van der Waals surface area contributed by atoms with E-state index in [0.717, 1.165) is 12.0 Å². The number of aromatic nitrogens is 3. The van der Waals surface area contributed by atoms with Crippen molar-refractivity contribution in [3.8, 4) is 0 Å². The maximum Gasteiger partial charge on any atom is 0.343 e. The summed E-state index contributed by atoms with van der Waals surface area (Å²) in [6, 6.07) is 20.1. The molecule has 6 nitrogen and oxygen atoms in total. The van der Waals surface area contributed by atoms with Crippen LogP contribution < -0.4 is 11.0 Å². The molecule has 2 aromatic carbocycles. The highest BCUT2D eigenvalue weighted by Crippen LogP contribution is 2.15. The van der Waals surface area contributed by atoms with Gasteiger partial charge in [0.25, 0.3) is 0 Å². The average molecular weight is 397 g/mol. The highest BCUT2D eigenvalue weighted by atomic mass is 32.2. The molecule has 0 bridgehead atoms. The standard InChI is InChI=1S/C21H24N4O2S/c1-16(18-10-6-3-7-11-18)14-22-19(26)15-28-21-24-23-20(27)25(21)13-12-17-8-4-2-5-9-17/h2-11,16H,12-15H2,1H3,(H,22,26)(H,23,27)/t16-/m0/s1. The van der Waals surface area contributed by atoms with Crippen LogP contribution in [0.15, 0.2) is 70.6 Å². The number of hydrogen-bond donors (Lipinski definition) is 2. The SMILES string of the molecule is C[C@@H](CNC(=O)CSc1n[nH]c(=O)n1CCc1ccccc1)c1ccccc1. The number of nitrogens with zero attached hydrogens (tertiary/aromatic N) is 2. The van der Waals surface area contributed by atoms with Crippen molar-refractivity contribution in [1.29, 1.82) is 0 Å².